The Labute approximate surface area is 125 Å². The van der Waals surface area contributed by atoms with Gasteiger partial charge < -0.3 is 5.32 Å². The molecule has 1 N–H and O–H groups in total. The number of benzene rings is 1. The lowest BCUT2D eigenvalue weighted by Crippen LogP contribution is -2.35. The van der Waals surface area contributed by atoms with Crippen molar-refractivity contribution >= 4 is 0 Å². The maximum absolute atomic E-state index is 4.15. The van der Waals surface area contributed by atoms with Gasteiger partial charge in [0.1, 0.15) is 0 Å². The Kier molecular flexibility index (Phi) is 4.60. The van der Waals surface area contributed by atoms with Gasteiger partial charge in [0.2, 0.25) is 0 Å². The number of tetrazole rings is 1. The van der Waals surface area contributed by atoms with Gasteiger partial charge in [0.05, 0.1) is 12.2 Å². The van der Waals surface area contributed by atoms with Crippen LogP contribution in [0.25, 0.3) is 5.69 Å². The summed E-state index contributed by atoms with van der Waals surface area (Å²) in [6, 6.07) is 10.6. The molecule has 0 saturated heterocycles. The zero-order valence-corrected chi connectivity index (χ0v) is 12.6. The van der Waals surface area contributed by atoms with Gasteiger partial charge in [-0.25, -0.2) is 0 Å². The van der Waals surface area contributed by atoms with E-state index in [-0.39, 0.29) is 0 Å². The maximum atomic E-state index is 4.15. The van der Waals surface area contributed by atoms with Gasteiger partial charge >= 0.3 is 0 Å². The van der Waals surface area contributed by atoms with E-state index in [1.165, 1.54) is 32.1 Å². The van der Waals surface area contributed by atoms with Gasteiger partial charge in [0.15, 0.2) is 5.82 Å². The molecule has 1 aliphatic carbocycles. The Morgan fingerprint density at radius 1 is 1.19 bits per heavy atom. The van der Waals surface area contributed by atoms with Crippen molar-refractivity contribution in [2.45, 2.75) is 51.6 Å². The first-order valence-corrected chi connectivity index (χ1v) is 7.90. The lowest BCUT2D eigenvalue weighted by atomic mass is 9.84. The molecule has 2 aromatic rings. The lowest BCUT2D eigenvalue weighted by Gasteiger charge is -2.28. The van der Waals surface area contributed by atoms with Crippen molar-refractivity contribution in [1.82, 2.24) is 25.5 Å². The summed E-state index contributed by atoms with van der Waals surface area (Å²) in [5.74, 6) is 1.66. The molecule has 0 radical (unpaired) electrons. The first-order chi connectivity index (χ1) is 10.3. The number of hydrogen-bond donors (Lipinski definition) is 1. The van der Waals surface area contributed by atoms with Gasteiger partial charge in [0, 0.05) is 6.04 Å². The van der Waals surface area contributed by atoms with Crippen LogP contribution < -0.4 is 5.32 Å². The summed E-state index contributed by atoms with van der Waals surface area (Å²) < 4.78 is 1.81. The number of nitrogens with one attached hydrogen (secondary N) is 1. The van der Waals surface area contributed by atoms with E-state index in [1.807, 2.05) is 30.3 Å². The van der Waals surface area contributed by atoms with Gasteiger partial charge in [-0.15, -0.1) is 5.10 Å². The molecule has 112 valence electrons. The third-order valence-electron chi connectivity index (χ3n) is 4.47. The summed E-state index contributed by atoms with van der Waals surface area (Å²) in [4.78, 5) is 0. The monoisotopic (exact) mass is 285 g/mol. The Morgan fingerprint density at radius 3 is 2.71 bits per heavy atom. The predicted molar refractivity (Wildman–Crippen MR) is 82.0 cm³/mol. The minimum absolute atomic E-state index is 0.520. The van der Waals surface area contributed by atoms with Gasteiger partial charge in [-0.1, -0.05) is 37.5 Å². The number of nitrogens with zero attached hydrogens (tertiary/aromatic N) is 4. The van der Waals surface area contributed by atoms with E-state index < -0.39 is 0 Å². The normalized spacial score (nSPS) is 17.8. The molecule has 5 heteroatoms. The highest BCUT2D eigenvalue weighted by molar-refractivity contribution is 5.30. The van der Waals surface area contributed by atoms with E-state index in [1.54, 1.807) is 4.68 Å². The summed E-state index contributed by atoms with van der Waals surface area (Å²) >= 11 is 0. The van der Waals surface area contributed by atoms with Gasteiger partial charge in [-0.05, 0) is 48.2 Å². The smallest absolute Gasteiger partial charge is 0.170 e. The van der Waals surface area contributed by atoms with Crippen LogP contribution in [0, 0.1) is 5.92 Å². The van der Waals surface area contributed by atoms with Crippen molar-refractivity contribution in [2.75, 3.05) is 0 Å². The molecule has 1 aromatic heterocycles. The fourth-order valence-corrected chi connectivity index (χ4v) is 3.14. The summed E-state index contributed by atoms with van der Waals surface area (Å²) in [6.07, 6.45) is 6.84. The zero-order chi connectivity index (χ0) is 14.5. The number of aromatic nitrogens is 4. The molecule has 1 fully saturated rings. The molecule has 1 heterocycles. The number of hydrogen-bond acceptors (Lipinski definition) is 4. The van der Waals surface area contributed by atoms with Crippen molar-refractivity contribution in [3.8, 4) is 5.69 Å². The summed E-state index contributed by atoms with van der Waals surface area (Å²) in [6.45, 7) is 2.99. The maximum Gasteiger partial charge on any atom is 0.170 e. The molecule has 0 aliphatic heterocycles. The minimum atomic E-state index is 0.520. The lowest BCUT2D eigenvalue weighted by molar-refractivity contribution is 0.279. The van der Waals surface area contributed by atoms with Crippen molar-refractivity contribution in [3.63, 3.8) is 0 Å². The molecule has 0 spiro atoms. The van der Waals surface area contributed by atoms with Crippen LogP contribution in [0.2, 0.25) is 0 Å². The van der Waals surface area contributed by atoms with E-state index in [2.05, 4.69) is 27.8 Å². The van der Waals surface area contributed by atoms with Crippen molar-refractivity contribution in [1.29, 1.82) is 0 Å². The van der Waals surface area contributed by atoms with E-state index in [0.717, 1.165) is 17.4 Å². The van der Waals surface area contributed by atoms with E-state index in [0.29, 0.717) is 12.6 Å². The average Bonchev–Trinajstić information content (AvgIpc) is 3.03. The highest BCUT2D eigenvalue weighted by Gasteiger charge is 2.20. The highest BCUT2D eigenvalue weighted by atomic mass is 15.5. The molecule has 21 heavy (non-hydrogen) atoms. The highest BCUT2D eigenvalue weighted by Crippen LogP contribution is 2.26. The average molecular weight is 285 g/mol. The van der Waals surface area contributed by atoms with Crippen LogP contribution in [-0.2, 0) is 6.54 Å². The molecule has 1 atom stereocenters. The molecular formula is C16H23N5. The molecule has 5 nitrogen and oxygen atoms in total. The Morgan fingerprint density at radius 2 is 1.95 bits per heavy atom. The SMILES string of the molecule is C[C@H](NCc1nnnn1-c1ccccc1)C1CCCCC1. The fraction of sp³-hybridized carbons (Fsp3) is 0.562. The minimum Gasteiger partial charge on any atom is -0.307 e. The fourth-order valence-electron chi connectivity index (χ4n) is 3.14. The molecule has 0 bridgehead atoms. The van der Waals surface area contributed by atoms with Crippen LogP contribution in [0.5, 0.6) is 0 Å². The second-order valence-corrected chi connectivity index (χ2v) is 5.91. The standard InChI is InChI=1S/C16H23N5/c1-13(14-8-4-2-5-9-14)17-12-16-18-19-20-21(16)15-10-6-3-7-11-15/h3,6-7,10-11,13-14,17H,2,4-5,8-9,12H2,1H3/t13-/m0/s1. The largest absolute Gasteiger partial charge is 0.307 e. The van der Waals surface area contributed by atoms with Crippen LogP contribution in [0.1, 0.15) is 44.9 Å². The molecule has 1 aliphatic rings. The number of rotatable bonds is 5. The van der Waals surface area contributed by atoms with Crippen LogP contribution in [0.15, 0.2) is 30.3 Å². The third-order valence-corrected chi connectivity index (χ3v) is 4.47. The Hall–Kier alpha value is -1.75. The molecule has 0 amide bonds. The van der Waals surface area contributed by atoms with E-state index in [4.69, 9.17) is 0 Å². The van der Waals surface area contributed by atoms with Crippen molar-refractivity contribution in [3.05, 3.63) is 36.2 Å². The van der Waals surface area contributed by atoms with E-state index in [9.17, 15) is 0 Å². The van der Waals surface area contributed by atoms with Crippen LogP contribution in [-0.4, -0.2) is 26.2 Å². The summed E-state index contributed by atoms with van der Waals surface area (Å²) in [7, 11) is 0. The Balaban J connectivity index is 1.62. The first kappa shape index (κ1) is 14.2. The van der Waals surface area contributed by atoms with Gasteiger partial charge in [-0.3, -0.25) is 0 Å². The molecule has 1 aromatic carbocycles. The molecule has 1 saturated carbocycles. The molecular weight excluding hydrogens is 262 g/mol. The second kappa shape index (κ2) is 6.80. The Bertz CT molecular complexity index is 545. The molecule has 3 rings (SSSR count). The molecule has 0 unspecified atom stereocenters. The topological polar surface area (TPSA) is 55.6 Å². The predicted octanol–water partition coefficient (Wildman–Crippen LogP) is 2.72. The van der Waals surface area contributed by atoms with Gasteiger partial charge in [0.25, 0.3) is 0 Å². The first-order valence-electron chi connectivity index (χ1n) is 7.90. The van der Waals surface area contributed by atoms with E-state index >= 15 is 0 Å². The van der Waals surface area contributed by atoms with Gasteiger partial charge in [-0.2, -0.15) is 4.68 Å². The summed E-state index contributed by atoms with van der Waals surface area (Å²) in [5, 5.41) is 15.7. The quantitative estimate of drug-likeness (QED) is 0.917. The zero-order valence-electron chi connectivity index (χ0n) is 12.6. The second-order valence-electron chi connectivity index (χ2n) is 5.91. The van der Waals surface area contributed by atoms with Crippen molar-refractivity contribution in [2.24, 2.45) is 5.92 Å². The number of para-hydroxylation sites is 1. The van der Waals surface area contributed by atoms with Crippen LogP contribution >= 0.6 is 0 Å². The van der Waals surface area contributed by atoms with Crippen LogP contribution in [0.3, 0.4) is 0 Å². The van der Waals surface area contributed by atoms with Crippen LogP contribution in [0.4, 0.5) is 0 Å². The summed E-state index contributed by atoms with van der Waals surface area (Å²) in [5.41, 5.74) is 1.00. The third kappa shape index (κ3) is 3.47. The van der Waals surface area contributed by atoms with Crippen molar-refractivity contribution < 1.29 is 0 Å².